The summed E-state index contributed by atoms with van der Waals surface area (Å²) in [5.41, 5.74) is 6.84. The Hall–Kier alpha value is -1.55. The first kappa shape index (κ1) is 8.07. The Labute approximate surface area is 78.7 Å². The fraction of sp³-hybridized carbons (Fsp3) is 0. The first-order valence-corrected chi connectivity index (χ1v) is 3.98. The van der Waals surface area contributed by atoms with E-state index < -0.39 is 5.91 Å². The minimum absolute atomic E-state index is 0.377. The van der Waals surface area contributed by atoms with Gasteiger partial charge in [0.05, 0.1) is 16.9 Å². The zero-order valence-electron chi connectivity index (χ0n) is 6.54. The highest BCUT2D eigenvalue weighted by Gasteiger charge is 2.07. The summed E-state index contributed by atoms with van der Waals surface area (Å²) in [5.74, 6) is -0.501. The van der Waals surface area contributed by atoms with Crippen LogP contribution >= 0.6 is 11.6 Å². The maximum atomic E-state index is 10.8. The minimum Gasteiger partial charge on any atom is -0.366 e. The lowest BCUT2D eigenvalue weighted by molar-refractivity contribution is 0.100. The number of H-pyrrole nitrogens is 1. The van der Waals surface area contributed by atoms with Crippen molar-refractivity contribution in [2.75, 3.05) is 0 Å². The van der Waals surface area contributed by atoms with Gasteiger partial charge in [-0.25, -0.2) is 4.98 Å². The van der Waals surface area contributed by atoms with Gasteiger partial charge in [-0.15, -0.1) is 0 Å². The Kier molecular flexibility index (Phi) is 1.70. The predicted octanol–water partition coefficient (Wildman–Crippen LogP) is 1.32. The van der Waals surface area contributed by atoms with Crippen LogP contribution in [0.4, 0.5) is 0 Å². The molecule has 0 atom stereocenters. The van der Waals surface area contributed by atoms with E-state index in [1.54, 1.807) is 6.07 Å². The zero-order valence-corrected chi connectivity index (χ0v) is 7.30. The van der Waals surface area contributed by atoms with Gasteiger partial charge >= 0.3 is 0 Å². The molecule has 0 fully saturated rings. The van der Waals surface area contributed by atoms with Crippen molar-refractivity contribution in [3.63, 3.8) is 0 Å². The summed E-state index contributed by atoms with van der Waals surface area (Å²) in [7, 11) is 0. The molecular weight excluding hydrogens is 190 g/mol. The molecule has 0 aliphatic rings. The molecule has 0 aliphatic heterocycles. The van der Waals surface area contributed by atoms with Gasteiger partial charge in [0.1, 0.15) is 5.52 Å². The van der Waals surface area contributed by atoms with Crippen molar-refractivity contribution in [1.82, 2.24) is 9.97 Å². The Morgan fingerprint density at radius 3 is 3.00 bits per heavy atom. The van der Waals surface area contributed by atoms with Crippen molar-refractivity contribution in [2.24, 2.45) is 5.73 Å². The van der Waals surface area contributed by atoms with Crippen molar-refractivity contribution < 1.29 is 4.79 Å². The number of rotatable bonds is 1. The van der Waals surface area contributed by atoms with Crippen molar-refractivity contribution in [2.45, 2.75) is 0 Å². The molecule has 0 spiro atoms. The number of benzene rings is 1. The summed E-state index contributed by atoms with van der Waals surface area (Å²) in [5, 5.41) is 0.424. The maximum Gasteiger partial charge on any atom is 0.248 e. The third-order valence-electron chi connectivity index (χ3n) is 1.76. The largest absolute Gasteiger partial charge is 0.366 e. The summed E-state index contributed by atoms with van der Waals surface area (Å²) >= 11 is 5.86. The number of primary amides is 1. The maximum absolute atomic E-state index is 10.8. The number of imidazole rings is 1. The van der Waals surface area contributed by atoms with Crippen LogP contribution < -0.4 is 5.73 Å². The third-order valence-corrected chi connectivity index (χ3v) is 2.05. The molecule has 1 amide bonds. The van der Waals surface area contributed by atoms with Gasteiger partial charge in [-0.2, -0.15) is 0 Å². The minimum atomic E-state index is -0.501. The van der Waals surface area contributed by atoms with Crippen LogP contribution in [0.15, 0.2) is 18.5 Å². The molecule has 1 aromatic heterocycles. The number of nitrogens with two attached hydrogens (primary N) is 1. The number of fused-ring (bicyclic) bond motifs is 1. The van der Waals surface area contributed by atoms with E-state index in [2.05, 4.69) is 9.97 Å². The van der Waals surface area contributed by atoms with E-state index in [4.69, 9.17) is 17.3 Å². The molecule has 0 saturated carbocycles. The number of nitrogens with zero attached hydrogens (tertiary/aromatic N) is 1. The van der Waals surface area contributed by atoms with Crippen LogP contribution in [0.3, 0.4) is 0 Å². The first-order valence-electron chi connectivity index (χ1n) is 3.61. The lowest BCUT2D eigenvalue weighted by atomic mass is 10.2. The number of hydrogen-bond donors (Lipinski definition) is 2. The molecule has 0 bridgehead atoms. The Bertz CT molecular complexity index is 477. The van der Waals surface area contributed by atoms with Gasteiger partial charge in [0.2, 0.25) is 5.91 Å². The van der Waals surface area contributed by atoms with Crippen LogP contribution in [0.5, 0.6) is 0 Å². The van der Waals surface area contributed by atoms with E-state index >= 15 is 0 Å². The molecule has 3 N–H and O–H groups in total. The van der Waals surface area contributed by atoms with Gasteiger partial charge < -0.3 is 10.7 Å². The second-order valence-electron chi connectivity index (χ2n) is 2.62. The lowest BCUT2D eigenvalue weighted by Crippen LogP contribution is -2.10. The van der Waals surface area contributed by atoms with Crippen LogP contribution in [0, 0.1) is 0 Å². The number of aromatic amines is 1. The summed E-state index contributed by atoms with van der Waals surface area (Å²) in [6.45, 7) is 0. The van der Waals surface area contributed by atoms with Gasteiger partial charge in [-0.1, -0.05) is 11.6 Å². The van der Waals surface area contributed by atoms with E-state index in [0.717, 1.165) is 0 Å². The molecule has 0 radical (unpaired) electrons. The van der Waals surface area contributed by atoms with Crippen molar-refractivity contribution >= 4 is 28.5 Å². The summed E-state index contributed by atoms with van der Waals surface area (Å²) < 4.78 is 0. The lowest BCUT2D eigenvalue weighted by Gasteiger charge is -1.97. The van der Waals surface area contributed by atoms with Gasteiger partial charge in [0.15, 0.2) is 0 Å². The molecule has 66 valence electrons. The predicted molar refractivity (Wildman–Crippen MR) is 49.6 cm³/mol. The summed E-state index contributed by atoms with van der Waals surface area (Å²) in [6.07, 6.45) is 1.52. The van der Waals surface area contributed by atoms with Gasteiger partial charge in [0, 0.05) is 5.56 Å². The van der Waals surface area contributed by atoms with E-state index in [9.17, 15) is 4.79 Å². The third kappa shape index (κ3) is 1.25. The molecule has 2 rings (SSSR count). The van der Waals surface area contributed by atoms with E-state index in [1.807, 2.05) is 0 Å². The molecule has 0 saturated heterocycles. The fourth-order valence-corrected chi connectivity index (χ4v) is 1.42. The zero-order chi connectivity index (χ0) is 9.42. The quantitative estimate of drug-likeness (QED) is 0.720. The van der Waals surface area contributed by atoms with Crippen molar-refractivity contribution in [1.29, 1.82) is 0 Å². The van der Waals surface area contributed by atoms with Crippen molar-refractivity contribution in [3.8, 4) is 0 Å². The average Bonchev–Trinajstić information content (AvgIpc) is 2.51. The Balaban J connectivity index is 2.77. The first-order chi connectivity index (χ1) is 6.18. The molecule has 2 aromatic rings. The summed E-state index contributed by atoms with van der Waals surface area (Å²) in [6, 6.07) is 3.13. The number of carbonyl (C=O) groups is 1. The molecule has 1 heterocycles. The van der Waals surface area contributed by atoms with Gasteiger partial charge in [0.25, 0.3) is 0 Å². The van der Waals surface area contributed by atoms with Crippen molar-refractivity contribution in [3.05, 3.63) is 29.0 Å². The van der Waals surface area contributed by atoms with E-state index in [0.29, 0.717) is 21.6 Å². The molecule has 13 heavy (non-hydrogen) atoms. The van der Waals surface area contributed by atoms with E-state index in [-0.39, 0.29) is 0 Å². The Morgan fingerprint density at radius 1 is 1.54 bits per heavy atom. The molecule has 0 unspecified atom stereocenters. The average molecular weight is 196 g/mol. The number of hydrogen-bond acceptors (Lipinski definition) is 2. The summed E-state index contributed by atoms with van der Waals surface area (Å²) in [4.78, 5) is 17.7. The van der Waals surface area contributed by atoms with Crippen LogP contribution in [0.2, 0.25) is 5.02 Å². The standard InChI is InChI=1S/C8H6ClN3O/c9-5-1-4(8(10)13)2-6-7(5)12-3-11-6/h1-3H,(H2,10,13)(H,11,12). The second kappa shape index (κ2) is 2.74. The number of aromatic nitrogens is 2. The fourth-order valence-electron chi connectivity index (χ4n) is 1.15. The smallest absolute Gasteiger partial charge is 0.248 e. The normalized spacial score (nSPS) is 10.5. The highest BCUT2D eigenvalue weighted by Crippen LogP contribution is 2.21. The highest BCUT2D eigenvalue weighted by molar-refractivity contribution is 6.35. The SMILES string of the molecule is NC(=O)c1cc(Cl)c2nc[nH]c2c1. The molecule has 1 aromatic carbocycles. The monoisotopic (exact) mass is 195 g/mol. The number of nitrogens with one attached hydrogen (secondary N) is 1. The molecule has 5 heteroatoms. The molecular formula is C8H6ClN3O. The van der Waals surface area contributed by atoms with Crippen LogP contribution in [0.1, 0.15) is 10.4 Å². The van der Waals surface area contributed by atoms with Crippen LogP contribution in [-0.4, -0.2) is 15.9 Å². The molecule has 0 aliphatic carbocycles. The van der Waals surface area contributed by atoms with E-state index in [1.165, 1.54) is 12.4 Å². The molecule has 4 nitrogen and oxygen atoms in total. The second-order valence-corrected chi connectivity index (χ2v) is 3.03. The highest BCUT2D eigenvalue weighted by atomic mass is 35.5. The topological polar surface area (TPSA) is 71.8 Å². The number of halogens is 1. The van der Waals surface area contributed by atoms with Crippen LogP contribution in [-0.2, 0) is 0 Å². The van der Waals surface area contributed by atoms with Gasteiger partial charge in [-0.3, -0.25) is 4.79 Å². The van der Waals surface area contributed by atoms with Crippen LogP contribution in [0.25, 0.3) is 11.0 Å². The van der Waals surface area contributed by atoms with Gasteiger partial charge in [-0.05, 0) is 12.1 Å². The number of amides is 1. The Morgan fingerprint density at radius 2 is 2.31 bits per heavy atom. The number of carbonyl (C=O) groups excluding carboxylic acids is 1.